The normalized spacial score (nSPS) is 11.6. The van der Waals surface area contributed by atoms with Gasteiger partial charge in [0, 0.05) is 6.92 Å². The SMILES string of the molecule is Cc1ccc(-c2ccc(OC(C)(F)F)c(C)c2C)c(C)c1C. The van der Waals surface area contributed by atoms with Crippen LogP contribution in [0.25, 0.3) is 11.1 Å². The Balaban J connectivity index is 2.55. The van der Waals surface area contributed by atoms with Gasteiger partial charge in [-0.15, -0.1) is 0 Å². The molecule has 0 atom stereocenters. The Labute approximate surface area is 130 Å². The maximum absolute atomic E-state index is 13.1. The fourth-order valence-electron chi connectivity index (χ4n) is 2.64. The molecule has 0 spiro atoms. The maximum atomic E-state index is 13.1. The summed E-state index contributed by atoms with van der Waals surface area (Å²) in [5.41, 5.74) is 7.64. The molecule has 0 unspecified atom stereocenters. The Morgan fingerprint density at radius 3 is 1.77 bits per heavy atom. The van der Waals surface area contributed by atoms with Crippen molar-refractivity contribution in [3.05, 3.63) is 52.1 Å². The zero-order chi connectivity index (χ0) is 16.7. The summed E-state index contributed by atoms with van der Waals surface area (Å²) in [6, 6.07) is 7.68. The molecule has 0 heterocycles. The second-order valence-electron chi connectivity index (χ2n) is 5.95. The van der Waals surface area contributed by atoms with Crippen molar-refractivity contribution < 1.29 is 13.5 Å². The third-order valence-corrected chi connectivity index (χ3v) is 4.37. The van der Waals surface area contributed by atoms with Crippen LogP contribution >= 0.6 is 0 Å². The highest BCUT2D eigenvalue weighted by molar-refractivity contribution is 5.74. The largest absolute Gasteiger partial charge is 0.432 e. The monoisotopic (exact) mass is 304 g/mol. The molecule has 0 aliphatic rings. The molecule has 3 heteroatoms. The van der Waals surface area contributed by atoms with E-state index >= 15 is 0 Å². The highest BCUT2D eigenvalue weighted by atomic mass is 19.3. The lowest BCUT2D eigenvalue weighted by atomic mass is 9.90. The van der Waals surface area contributed by atoms with E-state index in [0.29, 0.717) is 0 Å². The molecular formula is C19H22F2O. The van der Waals surface area contributed by atoms with Gasteiger partial charge in [0.2, 0.25) is 0 Å². The van der Waals surface area contributed by atoms with E-state index in [-0.39, 0.29) is 5.75 Å². The van der Waals surface area contributed by atoms with Crippen LogP contribution in [0.4, 0.5) is 8.78 Å². The molecule has 0 saturated carbocycles. The van der Waals surface area contributed by atoms with E-state index < -0.39 is 6.11 Å². The molecule has 118 valence electrons. The van der Waals surface area contributed by atoms with Crippen molar-refractivity contribution in [3.63, 3.8) is 0 Å². The molecule has 0 aliphatic carbocycles. The van der Waals surface area contributed by atoms with Crippen LogP contribution in [-0.2, 0) is 0 Å². The van der Waals surface area contributed by atoms with Gasteiger partial charge in [-0.3, -0.25) is 0 Å². The van der Waals surface area contributed by atoms with E-state index in [1.54, 1.807) is 6.07 Å². The fourth-order valence-corrected chi connectivity index (χ4v) is 2.64. The van der Waals surface area contributed by atoms with Gasteiger partial charge in [0.1, 0.15) is 5.75 Å². The molecule has 0 aromatic heterocycles. The van der Waals surface area contributed by atoms with Crippen molar-refractivity contribution in [2.75, 3.05) is 0 Å². The van der Waals surface area contributed by atoms with Crippen molar-refractivity contribution in [3.8, 4) is 16.9 Å². The Kier molecular flexibility index (Phi) is 4.28. The van der Waals surface area contributed by atoms with Gasteiger partial charge in [0.15, 0.2) is 0 Å². The molecular weight excluding hydrogens is 282 g/mol. The first kappa shape index (κ1) is 16.5. The van der Waals surface area contributed by atoms with Gasteiger partial charge in [0.05, 0.1) is 0 Å². The van der Waals surface area contributed by atoms with Crippen LogP contribution in [0, 0.1) is 34.6 Å². The maximum Gasteiger partial charge on any atom is 0.394 e. The second-order valence-corrected chi connectivity index (χ2v) is 5.95. The number of ether oxygens (including phenoxy) is 1. The molecule has 0 amide bonds. The topological polar surface area (TPSA) is 9.23 Å². The van der Waals surface area contributed by atoms with Crippen LogP contribution in [-0.4, -0.2) is 6.11 Å². The lowest BCUT2D eigenvalue weighted by molar-refractivity contribution is -0.159. The van der Waals surface area contributed by atoms with Crippen molar-refractivity contribution >= 4 is 0 Å². The summed E-state index contributed by atoms with van der Waals surface area (Å²) in [5, 5.41) is 0. The van der Waals surface area contributed by atoms with Gasteiger partial charge >= 0.3 is 6.11 Å². The number of rotatable bonds is 3. The Morgan fingerprint density at radius 1 is 0.727 bits per heavy atom. The molecule has 0 N–H and O–H groups in total. The van der Waals surface area contributed by atoms with Gasteiger partial charge < -0.3 is 4.74 Å². The molecule has 0 saturated heterocycles. The minimum atomic E-state index is -3.17. The molecule has 2 aromatic rings. The van der Waals surface area contributed by atoms with Crippen molar-refractivity contribution in [2.24, 2.45) is 0 Å². The summed E-state index contributed by atoms with van der Waals surface area (Å²) in [4.78, 5) is 0. The van der Waals surface area contributed by atoms with E-state index in [2.05, 4.69) is 32.9 Å². The first-order valence-corrected chi connectivity index (χ1v) is 7.36. The zero-order valence-electron chi connectivity index (χ0n) is 14.0. The van der Waals surface area contributed by atoms with Gasteiger partial charge in [-0.2, -0.15) is 8.78 Å². The lowest BCUT2D eigenvalue weighted by Crippen LogP contribution is -2.19. The molecule has 1 nitrogen and oxygen atoms in total. The summed E-state index contributed by atoms with van der Waals surface area (Å²) in [7, 11) is 0. The second kappa shape index (κ2) is 5.71. The molecule has 2 aromatic carbocycles. The summed E-state index contributed by atoms with van der Waals surface area (Å²) in [6.07, 6.45) is -3.17. The Hall–Kier alpha value is -1.90. The smallest absolute Gasteiger partial charge is 0.394 e. The van der Waals surface area contributed by atoms with E-state index in [9.17, 15) is 8.78 Å². The minimum absolute atomic E-state index is 0.232. The number of benzene rings is 2. The molecule has 0 bridgehead atoms. The number of alkyl halides is 2. The average Bonchev–Trinajstić information content (AvgIpc) is 2.42. The third kappa shape index (κ3) is 3.13. The zero-order valence-corrected chi connectivity index (χ0v) is 14.0. The Morgan fingerprint density at radius 2 is 1.23 bits per heavy atom. The number of hydrogen-bond acceptors (Lipinski definition) is 1. The molecule has 22 heavy (non-hydrogen) atoms. The predicted octanol–water partition coefficient (Wildman–Crippen LogP) is 5.89. The standard InChI is InChI=1S/C19H22F2O/c1-11-7-8-16(13(3)12(11)2)17-9-10-18(15(5)14(17)4)22-19(6,20)21/h7-10H,1-6H3. The summed E-state index contributed by atoms with van der Waals surface area (Å²) < 4.78 is 30.9. The molecule has 0 radical (unpaired) electrons. The predicted molar refractivity (Wildman–Crippen MR) is 86.8 cm³/mol. The van der Waals surface area contributed by atoms with E-state index in [1.165, 1.54) is 16.7 Å². The summed E-state index contributed by atoms with van der Waals surface area (Å²) in [6.45, 7) is 10.8. The Bertz CT molecular complexity index is 712. The van der Waals surface area contributed by atoms with Crippen molar-refractivity contribution in [1.82, 2.24) is 0 Å². The fraction of sp³-hybridized carbons (Fsp3) is 0.368. The van der Waals surface area contributed by atoms with Crippen molar-refractivity contribution in [2.45, 2.75) is 47.7 Å². The van der Waals surface area contributed by atoms with E-state index in [4.69, 9.17) is 4.74 Å². The number of hydrogen-bond donors (Lipinski definition) is 0. The van der Waals surface area contributed by atoms with Crippen LogP contribution in [0.5, 0.6) is 5.75 Å². The van der Waals surface area contributed by atoms with Crippen LogP contribution in [0.2, 0.25) is 0 Å². The molecule has 0 aliphatic heterocycles. The van der Waals surface area contributed by atoms with E-state index in [0.717, 1.165) is 29.2 Å². The van der Waals surface area contributed by atoms with Crippen molar-refractivity contribution in [1.29, 1.82) is 0 Å². The minimum Gasteiger partial charge on any atom is -0.432 e. The first-order valence-electron chi connectivity index (χ1n) is 7.36. The van der Waals surface area contributed by atoms with Gasteiger partial charge in [-0.25, -0.2) is 0 Å². The van der Waals surface area contributed by atoms with Crippen LogP contribution in [0.1, 0.15) is 34.7 Å². The highest BCUT2D eigenvalue weighted by Crippen LogP contribution is 2.35. The summed E-state index contributed by atoms with van der Waals surface area (Å²) in [5.74, 6) is 0.232. The van der Waals surface area contributed by atoms with Gasteiger partial charge in [0.25, 0.3) is 0 Å². The van der Waals surface area contributed by atoms with Crippen LogP contribution in [0.15, 0.2) is 24.3 Å². The molecule has 2 rings (SSSR count). The number of halogens is 2. The summed E-state index contributed by atoms with van der Waals surface area (Å²) >= 11 is 0. The van der Waals surface area contributed by atoms with Gasteiger partial charge in [-0.1, -0.05) is 18.2 Å². The third-order valence-electron chi connectivity index (χ3n) is 4.37. The lowest BCUT2D eigenvalue weighted by Gasteiger charge is -2.19. The number of aryl methyl sites for hydroxylation is 1. The molecule has 0 fully saturated rings. The van der Waals surface area contributed by atoms with Crippen LogP contribution in [0.3, 0.4) is 0 Å². The first-order chi connectivity index (χ1) is 10.1. The highest BCUT2D eigenvalue weighted by Gasteiger charge is 2.25. The quantitative estimate of drug-likeness (QED) is 0.687. The van der Waals surface area contributed by atoms with Gasteiger partial charge in [-0.05, 0) is 79.6 Å². The van der Waals surface area contributed by atoms with E-state index in [1.807, 2.05) is 19.9 Å². The average molecular weight is 304 g/mol. The van der Waals surface area contributed by atoms with Crippen LogP contribution < -0.4 is 4.74 Å².